The van der Waals surface area contributed by atoms with Crippen LogP contribution in [0.3, 0.4) is 0 Å². The van der Waals surface area contributed by atoms with Gasteiger partial charge in [0.05, 0.1) is 6.04 Å². The Morgan fingerprint density at radius 1 is 1.11 bits per heavy atom. The zero-order valence-electron chi connectivity index (χ0n) is 13.5. The molecule has 0 heterocycles. The molecule has 0 aromatic rings. The number of amides is 1. The fourth-order valence-electron chi connectivity index (χ4n) is 2.20. The van der Waals surface area contributed by atoms with Crippen LogP contribution in [0.25, 0.3) is 0 Å². The molecule has 0 aliphatic heterocycles. The zero-order valence-corrected chi connectivity index (χ0v) is 13.5. The van der Waals surface area contributed by atoms with Crippen molar-refractivity contribution in [3.05, 3.63) is 0 Å². The van der Waals surface area contributed by atoms with Gasteiger partial charge >= 0.3 is 0 Å². The van der Waals surface area contributed by atoms with Crippen LogP contribution in [0, 0.1) is 5.92 Å². The second kappa shape index (κ2) is 10.2. The molecule has 19 heavy (non-hydrogen) atoms. The predicted octanol–water partition coefficient (Wildman–Crippen LogP) is 1.94. The standard InChI is InChI=1S/C15H33N3O/c1-6-9-14(16)15(19)18(12-13(4)5)11-10-17(7-2)8-3/h13-14H,6-12,16H2,1-5H3. The average Bonchev–Trinajstić information content (AvgIpc) is 2.37. The van der Waals surface area contributed by atoms with Gasteiger partial charge in [-0.25, -0.2) is 0 Å². The van der Waals surface area contributed by atoms with Crippen LogP contribution >= 0.6 is 0 Å². The number of hydrogen-bond donors (Lipinski definition) is 1. The van der Waals surface area contributed by atoms with Crippen LogP contribution in [0.4, 0.5) is 0 Å². The van der Waals surface area contributed by atoms with E-state index in [1.165, 1.54) is 0 Å². The first-order valence-electron chi connectivity index (χ1n) is 7.72. The maximum Gasteiger partial charge on any atom is 0.239 e. The lowest BCUT2D eigenvalue weighted by Crippen LogP contribution is -2.47. The number of rotatable bonds is 10. The van der Waals surface area contributed by atoms with Crippen LogP contribution in [0.1, 0.15) is 47.5 Å². The Morgan fingerprint density at radius 3 is 2.11 bits per heavy atom. The molecule has 1 atom stereocenters. The molecule has 0 spiro atoms. The minimum Gasteiger partial charge on any atom is -0.340 e. The highest BCUT2D eigenvalue weighted by atomic mass is 16.2. The molecule has 1 amide bonds. The van der Waals surface area contributed by atoms with E-state index in [-0.39, 0.29) is 11.9 Å². The fourth-order valence-corrected chi connectivity index (χ4v) is 2.20. The number of nitrogens with two attached hydrogens (primary N) is 1. The van der Waals surface area contributed by atoms with Crippen LogP contribution in [-0.4, -0.2) is 54.5 Å². The monoisotopic (exact) mass is 271 g/mol. The Bertz CT molecular complexity index is 240. The fraction of sp³-hybridized carbons (Fsp3) is 0.933. The quantitative estimate of drug-likeness (QED) is 0.660. The van der Waals surface area contributed by atoms with E-state index in [4.69, 9.17) is 5.73 Å². The van der Waals surface area contributed by atoms with Crippen molar-refractivity contribution in [3.63, 3.8) is 0 Å². The second-order valence-electron chi connectivity index (χ2n) is 5.60. The predicted molar refractivity (Wildman–Crippen MR) is 82.1 cm³/mol. The highest BCUT2D eigenvalue weighted by molar-refractivity contribution is 5.81. The number of hydrogen-bond acceptors (Lipinski definition) is 3. The molecule has 1 unspecified atom stereocenters. The topological polar surface area (TPSA) is 49.6 Å². The zero-order chi connectivity index (χ0) is 14.8. The van der Waals surface area contributed by atoms with Gasteiger partial charge in [-0.3, -0.25) is 4.79 Å². The Balaban J connectivity index is 4.48. The number of likely N-dealkylation sites (N-methyl/N-ethyl adjacent to an activating group) is 1. The van der Waals surface area contributed by atoms with E-state index in [1.54, 1.807) is 0 Å². The maximum absolute atomic E-state index is 12.3. The van der Waals surface area contributed by atoms with Crippen molar-refractivity contribution in [2.45, 2.75) is 53.5 Å². The largest absolute Gasteiger partial charge is 0.340 e. The highest BCUT2D eigenvalue weighted by Crippen LogP contribution is 2.05. The van der Waals surface area contributed by atoms with Crippen molar-refractivity contribution in [2.75, 3.05) is 32.7 Å². The lowest BCUT2D eigenvalue weighted by atomic mass is 10.1. The molecule has 0 rings (SSSR count). The molecule has 4 heteroatoms. The molecule has 0 aliphatic carbocycles. The van der Waals surface area contributed by atoms with Gasteiger partial charge < -0.3 is 15.5 Å². The summed E-state index contributed by atoms with van der Waals surface area (Å²) in [6.07, 6.45) is 1.73. The summed E-state index contributed by atoms with van der Waals surface area (Å²) in [5.41, 5.74) is 5.97. The molecule has 0 aromatic carbocycles. The van der Waals surface area contributed by atoms with Crippen LogP contribution in [0.15, 0.2) is 0 Å². The van der Waals surface area contributed by atoms with Crippen LogP contribution in [-0.2, 0) is 4.79 Å². The van der Waals surface area contributed by atoms with Crippen molar-refractivity contribution in [3.8, 4) is 0 Å². The Hall–Kier alpha value is -0.610. The van der Waals surface area contributed by atoms with Gasteiger partial charge in [-0.1, -0.05) is 41.0 Å². The first kappa shape index (κ1) is 18.4. The van der Waals surface area contributed by atoms with Crippen molar-refractivity contribution >= 4 is 5.91 Å². The summed E-state index contributed by atoms with van der Waals surface area (Å²) in [6.45, 7) is 15.2. The SMILES string of the molecule is CCCC(N)C(=O)N(CCN(CC)CC)CC(C)C. The van der Waals surface area contributed by atoms with Gasteiger partial charge in [0.25, 0.3) is 0 Å². The summed E-state index contributed by atoms with van der Waals surface area (Å²) in [5.74, 6) is 0.595. The van der Waals surface area contributed by atoms with Gasteiger partial charge in [0.2, 0.25) is 5.91 Å². The summed E-state index contributed by atoms with van der Waals surface area (Å²) in [4.78, 5) is 16.6. The van der Waals surface area contributed by atoms with Crippen LogP contribution in [0.5, 0.6) is 0 Å². The number of carbonyl (C=O) groups is 1. The lowest BCUT2D eigenvalue weighted by molar-refractivity contribution is -0.133. The minimum atomic E-state index is -0.333. The first-order chi connectivity index (χ1) is 8.96. The van der Waals surface area contributed by atoms with E-state index in [9.17, 15) is 4.79 Å². The van der Waals surface area contributed by atoms with Crippen molar-refractivity contribution < 1.29 is 4.79 Å². The molecule has 114 valence electrons. The summed E-state index contributed by atoms with van der Waals surface area (Å²) < 4.78 is 0. The molecule has 0 bridgehead atoms. The molecule has 0 fully saturated rings. The van der Waals surface area contributed by atoms with Gasteiger partial charge in [-0.2, -0.15) is 0 Å². The molecule has 0 aliphatic rings. The summed E-state index contributed by atoms with van der Waals surface area (Å²) in [6, 6.07) is -0.333. The highest BCUT2D eigenvalue weighted by Gasteiger charge is 2.21. The van der Waals surface area contributed by atoms with Gasteiger partial charge in [0.1, 0.15) is 0 Å². The van der Waals surface area contributed by atoms with E-state index in [0.29, 0.717) is 5.92 Å². The second-order valence-corrected chi connectivity index (χ2v) is 5.60. The van der Waals surface area contributed by atoms with Crippen LogP contribution in [0.2, 0.25) is 0 Å². The molecule has 0 saturated heterocycles. The van der Waals surface area contributed by atoms with Crippen molar-refractivity contribution in [2.24, 2.45) is 11.7 Å². The Morgan fingerprint density at radius 2 is 1.68 bits per heavy atom. The summed E-state index contributed by atoms with van der Waals surface area (Å²) in [5, 5.41) is 0. The summed E-state index contributed by atoms with van der Waals surface area (Å²) in [7, 11) is 0. The molecule has 4 nitrogen and oxygen atoms in total. The third-order valence-corrected chi connectivity index (χ3v) is 3.39. The maximum atomic E-state index is 12.3. The van der Waals surface area contributed by atoms with E-state index in [2.05, 4.69) is 39.5 Å². The van der Waals surface area contributed by atoms with Gasteiger partial charge in [-0.05, 0) is 25.4 Å². The van der Waals surface area contributed by atoms with Crippen molar-refractivity contribution in [1.29, 1.82) is 0 Å². The summed E-state index contributed by atoms with van der Waals surface area (Å²) >= 11 is 0. The van der Waals surface area contributed by atoms with Crippen LogP contribution < -0.4 is 5.73 Å². The average molecular weight is 271 g/mol. The van der Waals surface area contributed by atoms with Gasteiger partial charge in [0.15, 0.2) is 0 Å². The van der Waals surface area contributed by atoms with Gasteiger partial charge in [0, 0.05) is 19.6 Å². The molecule has 2 N–H and O–H groups in total. The van der Waals surface area contributed by atoms with Gasteiger partial charge in [-0.15, -0.1) is 0 Å². The van der Waals surface area contributed by atoms with E-state index >= 15 is 0 Å². The molecular weight excluding hydrogens is 238 g/mol. The van der Waals surface area contributed by atoms with E-state index < -0.39 is 0 Å². The first-order valence-corrected chi connectivity index (χ1v) is 7.72. The van der Waals surface area contributed by atoms with Crippen molar-refractivity contribution in [1.82, 2.24) is 9.80 Å². The third-order valence-electron chi connectivity index (χ3n) is 3.39. The van der Waals surface area contributed by atoms with E-state index in [1.807, 2.05) is 4.90 Å². The number of carbonyl (C=O) groups excluding carboxylic acids is 1. The third kappa shape index (κ3) is 7.53. The molecule has 0 radical (unpaired) electrons. The smallest absolute Gasteiger partial charge is 0.239 e. The Labute approximate surface area is 119 Å². The molecule has 0 aromatic heterocycles. The molecule has 0 saturated carbocycles. The normalized spacial score (nSPS) is 13.1. The van der Waals surface area contributed by atoms with E-state index in [0.717, 1.165) is 45.6 Å². The Kier molecular flexibility index (Phi) is 9.88. The molecular formula is C15H33N3O. The minimum absolute atomic E-state index is 0.114. The lowest BCUT2D eigenvalue weighted by Gasteiger charge is -2.29. The number of nitrogens with zero attached hydrogens (tertiary/aromatic N) is 2.